The minimum atomic E-state index is -4.26. The van der Waals surface area contributed by atoms with E-state index in [1.54, 1.807) is 6.07 Å². The molecule has 0 spiro atoms. The smallest absolute Gasteiger partial charge is 0.392 e. The molecular weight excluding hydrogens is 195 g/mol. The van der Waals surface area contributed by atoms with Crippen LogP contribution in [0.2, 0.25) is 0 Å². The molecule has 0 aromatic rings. The highest BCUT2D eigenvalue weighted by Crippen LogP contribution is 2.19. The van der Waals surface area contributed by atoms with E-state index >= 15 is 0 Å². The topological polar surface area (TPSA) is 62.2 Å². The number of nitrogens with zero attached hydrogens (tertiary/aromatic N) is 2. The van der Waals surface area contributed by atoms with E-state index in [1.807, 2.05) is 0 Å². The summed E-state index contributed by atoms with van der Waals surface area (Å²) in [5.74, 6) is 0. The number of hydrogen-bond donors (Lipinski definition) is 1. The Hall–Kier alpha value is -1.51. The minimum Gasteiger partial charge on any atom is -0.398 e. The van der Waals surface area contributed by atoms with Gasteiger partial charge in [0.25, 0.3) is 0 Å². The summed E-state index contributed by atoms with van der Waals surface area (Å²) < 4.78 is 35.1. The van der Waals surface area contributed by atoms with E-state index in [4.69, 9.17) is 11.0 Å². The van der Waals surface area contributed by atoms with Gasteiger partial charge in [-0.2, -0.15) is 18.4 Å². The summed E-state index contributed by atoms with van der Waals surface area (Å²) in [5, 5.41) is 8.30. The molecule has 0 aliphatic heterocycles. The van der Waals surface area contributed by atoms with Crippen molar-refractivity contribution in [1.82, 2.24) is 0 Å². The molecule has 0 rings (SSSR count). The van der Waals surface area contributed by atoms with Crippen LogP contribution in [0.15, 0.2) is 16.8 Å². The number of nitrogens with two attached hydrogens (primary N) is 1. The molecule has 0 aliphatic rings. The monoisotopic (exact) mass is 205 g/mol. The van der Waals surface area contributed by atoms with Crippen LogP contribution in [0.5, 0.6) is 0 Å². The average Bonchev–Trinajstić information content (AvgIpc) is 2.09. The average molecular weight is 205 g/mol. The third kappa shape index (κ3) is 7.16. The van der Waals surface area contributed by atoms with Gasteiger partial charge < -0.3 is 5.73 Å². The maximum atomic E-state index is 11.7. The number of nitriles is 1. The second kappa shape index (κ2) is 5.27. The molecule has 0 aromatic heterocycles. The molecule has 0 aromatic carbocycles. The number of aliphatic imine (C=N–C) groups is 1. The molecular formula is C8H10F3N3. The van der Waals surface area contributed by atoms with Crippen molar-refractivity contribution in [3.8, 4) is 6.07 Å². The zero-order valence-electron chi connectivity index (χ0n) is 7.54. The van der Waals surface area contributed by atoms with Gasteiger partial charge in [-0.15, -0.1) is 0 Å². The van der Waals surface area contributed by atoms with E-state index in [0.29, 0.717) is 0 Å². The molecule has 1 unspecified atom stereocenters. The quantitative estimate of drug-likeness (QED) is 0.713. The predicted octanol–water partition coefficient (Wildman–Crippen LogP) is 1.76. The van der Waals surface area contributed by atoms with Crippen LogP contribution in [0.3, 0.4) is 0 Å². The lowest BCUT2D eigenvalue weighted by molar-refractivity contribution is -0.125. The Morgan fingerprint density at radius 3 is 2.64 bits per heavy atom. The van der Waals surface area contributed by atoms with Crippen LogP contribution >= 0.6 is 0 Å². The van der Waals surface area contributed by atoms with Gasteiger partial charge in [0.1, 0.15) is 6.04 Å². The van der Waals surface area contributed by atoms with Crippen LogP contribution in [-0.2, 0) is 0 Å². The van der Waals surface area contributed by atoms with Crippen molar-refractivity contribution in [2.24, 2.45) is 10.7 Å². The summed E-state index contributed by atoms with van der Waals surface area (Å²) in [5.41, 5.74) is 5.09. The molecule has 3 nitrogen and oxygen atoms in total. The van der Waals surface area contributed by atoms with Gasteiger partial charge >= 0.3 is 6.18 Å². The number of allylic oxidation sites excluding steroid dienone is 2. The first-order valence-electron chi connectivity index (χ1n) is 3.80. The third-order valence-corrected chi connectivity index (χ3v) is 1.20. The summed E-state index contributed by atoms with van der Waals surface area (Å²) in [7, 11) is 0. The van der Waals surface area contributed by atoms with Crippen molar-refractivity contribution < 1.29 is 13.2 Å². The second-order valence-corrected chi connectivity index (χ2v) is 2.61. The van der Waals surface area contributed by atoms with Gasteiger partial charge in [0.15, 0.2) is 0 Å². The van der Waals surface area contributed by atoms with Gasteiger partial charge in [-0.05, 0) is 6.92 Å². The molecule has 14 heavy (non-hydrogen) atoms. The van der Waals surface area contributed by atoms with Crippen LogP contribution in [-0.4, -0.2) is 18.4 Å². The SMILES string of the molecule is CC(C#N)N=C/C(N)=C\CC(F)(F)F. The standard InChI is InChI=1S/C8H10F3N3/c1-6(4-12)14-5-7(13)2-3-8(9,10)11/h2,5-6H,3,13H2,1H3/b7-2+,14-5?. The first-order chi connectivity index (χ1) is 6.35. The summed E-state index contributed by atoms with van der Waals surface area (Å²) in [6, 6.07) is 1.19. The molecule has 6 heteroatoms. The number of alkyl halides is 3. The van der Waals surface area contributed by atoms with Crippen molar-refractivity contribution >= 4 is 6.21 Å². The van der Waals surface area contributed by atoms with Crippen LogP contribution in [0.1, 0.15) is 13.3 Å². The van der Waals surface area contributed by atoms with Crippen molar-refractivity contribution in [3.05, 3.63) is 11.8 Å². The van der Waals surface area contributed by atoms with Crippen molar-refractivity contribution in [3.63, 3.8) is 0 Å². The number of hydrogen-bond acceptors (Lipinski definition) is 3. The fourth-order valence-corrected chi connectivity index (χ4v) is 0.517. The van der Waals surface area contributed by atoms with Crippen molar-refractivity contribution in [2.75, 3.05) is 0 Å². The molecule has 0 bridgehead atoms. The molecule has 1 atom stereocenters. The zero-order valence-corrected chi connectivity index (χ0v) is 7.54. The first kappa shape index (κ1) is 12.5. The van der Waals surface area contributed by atoms with E-state index in [0.717, 1.165) is 12.3 Å². The maximum Gasteiger partial charge on any atom is 0.392 e. The normalized spacial score (nSPS) is 15.5. The van der Waals surface area contributed by atoms with Gasteiger partial charge in [0.05, 0.1) is 12.5 Å². The summed E-state index contributed by atoms with van der Waals surface area (Å²) in [6.07, 6.45) is -3.49. The Labute approximate surface area is 79.7 Å². The molecule has 0 heterocycles. The number of rotatable bonds is 3. The van der Waals surface area contributed by atoms with Gasteiger partial charge in [-0.1, -0.05) is 6.08 Å². The van der Waals surface area contributed by atoms with E-state index < -0.39 is 18.6 Å². The minimum absolute atomic E-state index is 0.0931. The van der Waals surface area contributed by atoms with Gasteiger partial charge in [-0.3, -0.25) is 4.99 Å². The Morgan fingerprint density at radius 1 is 1.64 bits per heavy atom. The molecule has 0 aliphatic carbocycles. The van der Waals surface area contributed by atoms with Crippen molar-refractivity contribution in [2.45, 2.75) is 25.6 Å². The van der Waals surface area contributed by atoms with Gasteiger partial charge in [0, 0.05) is 11.9 Å². The fraction of sp³-hybridized carbons (Fsp3) is 0.500. The molecule has 0 saturated heterocycles. The highest BCUT2D eigenvalue weighted by Gasteiger charge is 2.24. The van der Waals surface area contributed by atoms with E-state index in [-0.39, 0.29) is 5.70 Å². The molecule has 78 valence electrons. The highest BCUT2D eigenvalue weighted by atomic mass is 19.4. The third-order valence-electron chi connectivity index (χ3n) is 1.20. The Balaban J connectivity index is 4.16. The largest absolute Gasteiger partial charge is 0.398 e. The first-order valence-corrected chi connectivity index (χ1v) is 3.80. The lowest BCUT2D eigenvalue weighted by atomic mass is 10.3. The van der Waals surface area contributed by atoms with Crippen LogP contribution < -0.4 is 5.73 Å². The molecule has 0 saturated carbocycles. The van der Waals surface area contributed by atoms with E-state index in [9.17, 15) is 13.2 Å². The van der Waals surface area contributed by atoms with Crippen LogP contribution in [0.4, 0.5) is 13.2 Å². The number of halogens is 3. The van der Waals surface area contributed by atoms with Crippen molar-refractivity contribution in [1.29, 1.82) is 5.26 Å². The zero-order chi connectivity index (χ0) is 11.2. The molecule has 0 amide bonds. The lowest BCUT2D eigenvalue weighted by Gasteiger charge is -2.01. The Bertz CT molecular complexity index is 273. The summed E-state index contributed by atoms with van der Waals surface area (Å²) in [6.45, 7) is 1.51. The second-order valence-electron chi connectivity index (χ2n) is 2.61. The fourth-order valence-electron chi connectivity index (χ4n) is 0.517. The molecule has 0 radical (unpaired) electrons. The maximum absolute atomic E-state index is 11.7. The van der Waals surface area contributed by atoms with Gasteiger partial charge in [0.2, 0.25) is 0 Å². The van der Waals surface area contributed by atoms with E-state index in [2.05, 4.69) is 4.99 Å². The van der Waals surface area contributed by atoms with E-state index in [1.165, 1.54) is 6.92 Å². The van der Waals surface area contributed by atoms with Crippen LogP contribution in [0.25, 0.3) is 0 Å². The summed E-state index contributed by atoms with van der Waals surface area (Å²) in [4.78, 5) is 3.60. The van der Waals surface area contributed by atoms with Crippen LogP contribution in [0, 0.1) is 11.3 Å². The highest BCUT2D eigenvalue weighted by molar-refractivity contribution is 5.77. The lowest BCUT2D eigenvalue weighted by Crippen LogP contribution is -2.08. The van der Waals surface area contributed by atoms with Gasteiger partial charge in [-0.25, -0.2) is 0 Å². The predicted molar refractivity (Wildman–Crippen MR) is 46.5 cm³/mol. The molecule has 2 N–H and O–H groups in total. The Morgan fingerprint density at radius 2 is 2.21 bits per heavy atom. The summed E-state index contributed by atoms with van der Waals surface area (Å²) >= 11 is 0. The Kier molecular flexibility index (Phi) is 4.70. The molecule has 0 fully saturated rings.